The second-order valence-electron chi connectivity index (χ2n) is 5.70. The summed E-state index contributed by atoms with van der Waals surface area (Å²) in [5, 5.41) is 32.4. The zero-order valence-electron chi connectivity index (χ0n) is 13.1. The van der Waals surface area contributed by atoms with Crippen LogP contribution in [0, 0.1) is 0 Å². The number of nitrogens with zero attached hydrogens (tertiary/aromatic N) is 4. The molecule has 0 saturated carbocycles. The fourth-order valence-corrected chi connectivity index (χ4v) is 2.75. The number of aromatic nitrogens is 4. The molecule has 3 rings (SSSR count). The first-order valence-corrected chi connectivity index (χ1v) is 7.91. The number of hydrogen-bond acceptors (Lipinski definition) is 9. The van der Waals surface area contributed by atoms with Crippen LogP contribution in [-0.4, -0.2) is 72.8 Å². The van der Waals surface area contributed by atoms with E-state index in [-0.39, 0.29) is 6.61 Å². The van der Waals surface area contributed by atoms with Crippen LogP contribution in [0.1, 0.15) is 19.1 Å². The first-order valence-electron chi connectivity index (χ1n) is 7.91. The lowest BCUT2D eigenvalue weighted by Crippen LogP contribution is -2.33. The monoisotopic (exact) mass is 338 g/mol. The van der Waals surface area contributed by atoms with Crippen LogP contribution in [0.4, 0.5) is 5.82 Å². The third-order valence-electron chi connectivity index (χ3n) is 4.07. The van der Waals surface area contributed by atoms with Crippen LogP contribution in [0.25, 0.3) is 11.2 Å². The van der Waals surface area contributed by atoms with Crippen molar-refractivity contribution < 1.29 is 20.1 Å². The minimum absolute atomic E-state index is 0.385. The van der Waals surface area contributed by atoms with Crippen LogP contribution in [0.5, 0.6) is 0 Å². The molecule has 0 spiro atoms. The number of unbranched alkanes of at least 4 members (excludes halogenated alkanes) is 1. The highest BCUT2D eigenvalue weighted by Gasteiger charge is 2.44. The normalized spacial score (nSPS) is 27.0. The number of rotatable bonds is 7. The Labute approximate surface area is 138 Å². The fraction of sp³-hybridized carbons (Fsp3) is 0.643. The summed E-state index contributed by atoms with van der Waals surface area (Å²) >= 11 is 0. The lowest BCUT2D eigenvalue weighted by Gasteiger charge is -2.16. The van der Waals surface area contributed by atoms with Gasteiger partial charge in [-0.25, -0.2) is 15.0 Å². The Bertz CT molecular complexity index is 680. The standard InChI is InChI=1S/C14H22N6O4/c15-3-1-2-4-16-12-9-13(18-6-17-12)20(7-19-9)14-11(23)10(22)8(5-21)24-14/h6-8,10-11,14,21-23H,1-5,15H2,(H,16,17,18)/t8-,10-,11-,14-/m1/s1. The lowest BCUT2D eigenvalue weighted by molar-refractivity contribution is -0.0511. The molecule has 10 heteroatoms. The molecule has 0 aromatic carbocycles. The summed E-state index contributed by atoms with van der Waals surface area (Å²) in [5.74, 6) is 0.586. The van der Waals surface area contributed by atoms with E-state index in [9.17, 15) is 15.3 Å². The summed E-state index contributed by atoms with van der Waals surface area (Å²) in [5.41, 5.74) is 6.49. The van der Waals surface area contributed by atoms with Crippen molar-refractivity contribution in [2.24, 2.45) is 5.73 Å². The highest BCUT2D eigenvalue weighted by atomic mass is 16.6. The molecule has 0 radical (unpaired) electrons. The molecule has 4 atom stereocenters. The maximum atomic E-state index is 10.2. The maximum absolute atomic E-state index is 10.2. The van der Waals surface area contributed by atoms with Crippen molar-refractivity contribution in [1.29, 1.82) is 0 Å². The molecule has 1 aliphatic heterocycles. The Balaban J connectivity index is 1.83. The number of aliphatic hydroxyl groups is 3. The Morgan fingerprint density at radius 2 is 2.04 bits per heavy atom. The van der Waals surface area contributed by atoms with E-state index >= 15 is 0 Å². The Morgan fingerprint density at radius 1 is 1.21 bits per heavy atom. The van der Waals surface area contributed by atoms with Crippen LogP contribution in [0.2, 0.25) is 0 Å². The molecule has 0 aliphatic carbocycles. The highest BCUT2D eigenvalue weighted by Crippen LogP contribution is 2.31. The first-order chi connectivity index (χ1) is 11.7. The van der Waals surface area contributed by atoms with Gasteiger partial charge in [0, 0.05) is 6.54 Å². The number of nitrogens with one attached hydrogen (secondary N) is 1. The predicted octanol–water partition coefficient (Wildman–Crippen LogP) is -1.41. The van der Waals surface area contributed by atoms with Gasteiger partial charge in [0.1, 0.15) is 24.6 Å². The molecule has 2 aromatic heterocycles. The molecule has 1 aliphatic rings. The van der Waals surface area contributed by atoms with Gasteiger partial charge in [-0.3, -0.25) is 4.57 Å². The molecule has 1 fully saturated rings. The summed E-state index contributed by atoms with van der Waals surface area (Å²) in [6, 6.07) is 0. The van der Waals surface area contributed by atoms with E-state index < -0.39 is 24.5 Å². The van der Waals surface area contributed by atoms with Crippen LogP contribution in [-0.2, 0) is 4.74 Å². The summed E-state index contributed by atoms with van der Waals surface area (Å²) in [4.78, 5) is 12.7. The van der Waals surface area contributed by atoms with Crippen molar-refractivity contribution in [3.05, 3.63) is 12.7 Å². The van der Waals surface area contributed by atoms with E-state index in [1.807, 2.05) is 0 Å². The van der Waals surface area contributed by atoms with Gasteiger partial charge < -0.3 is 31.1 Å². The van der Waals surface area contributed by atoms with E-state index in [1.165, 1.54) is 17.2 Å². The molecule has 6 N–H and O–H groups in total. The molecule has 24 heavy (non-hydrogen) atoms. The minimum Gasteiger partial charge on any atom is -0.394 e. The number of ether oxygens (including phenoxy) is 1. The quantitative estimate of drug-likeness (QED) is 0.383. The summed E-state index contributed by atoms with van der Waals surface area (Å²) in [7, 11) is 0. The number of nitrogens with two attached hydrogens (primary N) is 1. The molecule has 132 valence electrons. The number of fused-ring (bicyclic) bond motifs is 1. The average Bonchev–Trinajstić information content (AvgIpc) is 3.14. The van der Waals surface area contributed by atoms with Crippen LogP contribution < -0.4 is 11.1 Å². The molecule has 2 aromatic rings. The van der Waals surface area contributed by atoms with Crippen LogP contribution in [0.3, 0.4) is 0 Å². The lowest BCUT2D eigenvalue weighted by atomic mass is 10.1. The van der Waals surface area contributed by atoms with Crippen molar-refractivity contribution in [1.82, 2.24) is 19.5 Å². The number of imidazole rings is 1. The number of anilines is 1. The third kappa shape index (κ3) is 3.06. The van der Waals surface area contributed by atoms with Crippen molar-refractivity contribution in [2.45, 2.75) is 37.4 Å². The smallest absolute Gasteiger partial charge is 0.167 e. The van der Waals surface area contributed by atoms with Gasteiger partial charge in [0.25, 0.3) is 0 Å². The third-order valence-corrected chi connectivity index (χ3v) is 4.07. The number of hydrogen-bond donors (Lipinski definition) is 5. The first kappa shape index (κ1) is 17.0. The van der Waals surface area contributed by atoms with Gasteiger partial charge in [0.2, 0.25) is 0 Å². The van der Waals surface area contributed by atoms with Gasteiger partial charge in [-0.1, -0.05) is 0 Å². The van der Waals surface area contributed by atoms with Crippen molar-refractivity contribution >= 4 is 17.0 Å². The van der Waals surface area contributed by atoms with Gasteiger partial charge >= 0.3 is 0 Å². The highest BCUT2D eigenvalue weighted by molar-refractivity contribution is 5.82. The Hall–Kier alpha value is -1.85. The molecule has 3 heterocycles. The van der Waals surface area contributed by atoms with E-state index in [0.29, 0.717) is 30.1 Å². The van der Waals surface area contributed by atoms with E-state index in [4.69, 9.17) is 10.5 Å². The van der Waals surface area contributed by atoms with Gasteiger partial charge in [0.05, 0.1) is 12.9 Å². The molecule has 0 bridgehead atoms. The van der Waals surface area contributed by atoms with Crippen molar-refractivity contribution in [2.75, 3.05) is 25.0 Å². The maximum Gasteiger partial charge on any atom is 0.167 e. The zero-order chi connectivity index (χ0) is 17.1. The fourth-order valence-electron chi connectivity index (χ4n) is 2.75. The summed E-state index contributed by atoms with van der Waals surface area (Å²) in [6.07, 6.45) is 0.622. The zero-order valence-corrected chi connectivity index (χ0v) is 13.1. The van der Waals surface area contributed by atoms with Crippen LogP contribution in [0.15, 0.2) is 12.7 Å². The molecule has 0 amide bonds. The van der Waals surface area contributed by atoms with Gasteiger partial charge in [-0.15, -0.1) is 0 Å². The summed E-state index contributed by atoms with van der Waals surface area (Å²) in [6.45, 7) is 0.967. The van der Waals surface area contributed by atoms with E-state index in [2.05, 4.69) is 20.3 Å². The van der Waals surface area contributed by atoms with E-state index in [0.717, 1.165) is 12.8 Å². The second-order valence-corrected chi connectivity index (χ2v) is 5.70. The van der Waals surface area contributed by atoms with E-state index in [1.54, 1.807) is 0 Å². The topological polar surface area (TPSA) is 152 Å². The molecule has 1 saturated heterocycles. The Kier molecular flexibility index (Phi) is 5.21. The van der Waals surface area contributed by atoms with Crippen LogP contribution >= 0.6 is 0 Å². The average molecular weight is 338 g/mol. The van der Waals surface area contributed by atoms with Gasteiger partial charge in [0.15, 0.2) is 23.2 Å². The predicted molar refractivity (Wildman–Crippen MR) is 85.1 cm³/mol. The van der Waals surface area contributed by atoms with Gasteiger partial charge in [-0.05, 0) is 19.4 Å². The largest absolute Gasteiger partial charge is 0.394 e. The summed E-state index contributed by atoms with van der Waals surface area (Å²) < 4.78 is 7.05. The molecular formula is C14H22N6O4. The molecule has 10 nitrogen and oxygen atoms in total. The second kappa shape index (κ2) is 7.36. The van der Waals surface area contributed by atoms with Crippen molar-refractivity contribution in [3.8, 4) is 0 Å². The minimum atomic E-state index is -1.18. The Morgan fingerprint density at radius 3 is 2.75 bits per heavy atom. The SMILES string of the molecule is NCCCCNc1ncnc2c1ncn2[C@@H]1O[C@H](CO)[C@@H](O)[C@H]1O. The number of aliphatic hydroxyl groups excluding tert-OH is 3. The molecular weight excluding hydrogens is 316 g/mol. The van der Waals surface area contributed by atoms with Gasteiger partial charge in [-0.2, -0.15) is 0 Å². The van der Waals surface area contributed by atoms with Crippen molar-refractivity contribution in [3.63, 3.8) is 0 Å². The molecule has 0 unspecified atom stereocenters.